The minimum Gasteiger partial charge on any atom is -0.444 e. The van der Waals surface area contributed by atoms with Crippen LogP contribution in [0.5, 0.6) is 0 Å². The number of likely N-dealkylation sites (tertiary alicyclic amines) is 1. The molecule has 10 nitrogen and oxygen atoms in total. The van der Waals surface area contributed by atoms with Crippen LogP contribution in [-0.2, 0) is 9.53 Å². The van der Waals surface area contributed by atoms with Crippen molar-refractivity contribution in [2.75, 3.05) is 36.4 Å². The fourth-order valence-corrected chi connectivity index (χ4v) is 5.14. The number of hydrogen-bond acceptors (Lipinski definition) is 6. The third-order valence-corrected chi connectivity index (χ3v) is 7.02. The molecule has 1 aromatic heterocycles. The molecule has 3 fully saturated rings. The Bertz CT molecular complexity index is 1150. The number of aryl methyl sites for hydroxylation is 1. The lowest BCUT2D eigenvalue weighted by atomic mass is 10.1. The summed E-state index contributed by atoms with van der Waals surface area (Å²) >= 11 is 0. The number of hydrogen-bond donors (Lipinski definition) is 2. The van der Waals surface area contributed by atoms with Crippen LogP contribution in [0.4, 0.5) is 16.2 Å². The van der Waals surface area contributed by atoms with Crippen LogP contribution in [0, 0.1) is 12.8 Å². The molecule has 1 aliphatic carbocycles. The number of nitrogens with one attached hydrogen (secondary N) is 2. The second-order valence-corrected chi connectivity index (χ2v) is 10.9. The summed E-state index contributed by atoms with van der Waals surface area (Å²) in [6.45, 7) is 9.96. The highest BCUT2D eigenvalue weighted by atomic mass is 16.6. The first-order valence-corrected chi connectivity index (χ1v) is 12.6. The molecule has 10 heteroatoms. The van der Waals surface area contributed by atoms with E-state index < -0.39 is 11.6 Å². The molecule has 1 aromatic carbocycles. The van der Waals surface area contributed by atoms with E-state index in [2.05, 4.69) is 20.2 Å². The largest absolute Gasteiger partial charge is 0.444 e. The summed E-state index contributed by atoms with van der Waals surface area (Å²) in [5, 5.41) is 2.87. The van der Waals surface area contributed by atoms with E-state index in [1.165, 1.54) is 6.20 Å². The zero-order valence-electron chi connectivity index (χ0n) is 21.3. The first-order chi connectivity index (χ1) is 17.1. The Morgan fingerprint density at radius 1 is 1.06 bits per heavy atom. The van der Waals surface area contributed by atoms with Crippen molar-refractivity contribution in [2.45, 2.75) is 58.2 Å². The van der Waals surface area contributed by atoms with Crippen LogP contribution in [0.15, 0.2) is 30.5 Å². The molecule has 3 amide bonds. The van der Waals surface area contributed by atoms with E-state index in [4.69, 9.17) is 4.74 Å². The van der Waals surface area contributed by atoms with Crippen molar-refractivity contribution >= 4 is 29.3 Å². The second kappa shape index (κ2) is 9.15. The Balaban J connectivity index is 1.15. The average molecular weight is 495 g/mol. The standard InChI is InChI=1S/C26H34N6O4/c1-16-27-15-20(28-16)23(33)29-18-5-7-19(8-6-18)30-9-11-31(12-10-30)24(34)22-14-17-13-21(17)32(22)25(35)36-26(2,3)4/h5-8,15,17,21-22H,9-14H2,1-4H3,(H,27,28)(H,29,33)/t17-,21-,22-/m0/s1. The monoisotopic (exact) mass is 494 g/mol. The van der Waals surface area contributed by atoms with Gasteiger partial charge in [0.25, 0.3) is 5.91 Å². The minimum absolute atomic E-state index is 0.0276. The number of ether oxygens (including phenoxy) is 1. The number of H-pyrrole nitrogens is 1. The molecule has 2 aromatic rings. The molecule has 2 saturated heterocycles. The van der Waals surface area contributed by atoms with Crippen molar-refractivity contribution in [2.24, 2.45) is 5.92 Å². The van der Waals surface area contributed by atoms with Gasteiger partial charge < -0.3 is 24.8 Å². The molecule has 2 aliphatic heterocycles. The van der Waals surface area contributed by atoms with Crippen molar-refractivity contribution < 1.29 is 19.1 Å². The number of carbonyl (C=O) groups is 3. The third-order valence-electron chi connectivity index (χ3n) is 7.02. The van der Waals surface area contributed by atoms with Crippen LogP contribution in [0.2, 0.25) is 0 Å². The Labute approximate surface area is 211 Å². The maximum atomic E-state index is 13.4. The molecule has 0 radical (unpaired) electrons. The maximum absolute atomic E-state index is 13.4. The summed E-state index contributed by atoms with van der Waals surface area (Å²) in [4.78, 5) is 51.3. The summed E-state index contributed by atoms with van der Waals surface area (Å²) in [5.41, 5.74) is 1.57. The lowest BCUT2D eigenvalue weighted by Crippen LogP contribution is -2.55. The number of amides is 3. The number of aromatic amines is 1. The number of imidazole rings is 1. The van der Waals surface area contributed by atoms with Gasteiger partial charge in [-0.3, -0.25) is 14.5 Å². The Morgan fingerprint density at radius 3 is 2.36 bits per heavy atom. The number of carbonyl (C=O) groups excluding carboxylic acids is 3. The number of nitrogens with zero attached hydrogens (tertiary/aromatic N) is 4. The number of anilines is 2. The highest BCUT2D eigenvalue weighted by Gasteiger charge is 2.57. The normalized spacial score (nSPS) is 23.3. The highest BCUT2D eigenvalue weighted by Crippen LogP contribution is 2.48. The second-order valence-electron chi connectivity index (χ2n) is 10.9. The van der Waals surface area contributed by atoms with Gasteiger partial charge in [0.2, 0.25) is 5.91 Å². The minimum atomic E-state index is -0.584. The van der Waals surface area contributed by atoms with Crippen LogP contribution in [0.1, 0.15) is 49.9 Å². The van der Waals surface area contributed by atoms with Gasteiger partial charge in [-0.05, 0) is 70.7 Å². The Kier molecular flexibility index (Phi) is 6.13. The van der Waals surface area contributed by atoms with Crippen LogP contribution in [0.25, 0.3) is 0 Å². The molecule has 3 heterocycles. The predicted octanol–water partition coefficient (Wildman–Crippen LogP) is 3.02. The topological polar surface area (TPSA) is 111 Å². The van der Waals surface area contributed by atoms with E-state index in [9.17, 15) is 14.4 Å². The summed E-state index contributed by atoms with van der Waals surface area (Å²) in [6, 6.07) is 7.41. The number of piperidine rings is 1. The molecular weight excluding hydrogens is 460 g/mol. The first-order valence-electron chi connectivity index (χ1n) is 12.6. The number of benzene rings is 1. The van der Waals surface area contributed by atoms with Crippen molar-refractivity contribution in [3.63, 3.8) is 0 Å². The van der Waals surface area contributed by atoms with Gasteiger partial charge in [0.1, 0.15) is 23.2 Å². The van der Waals surface area contributed by atoms with Gasteiger partial charge in [0.05, 0.1) is 6.20 Å². The number of fused-ring (bicyclic) bond motifs is 1. The number of rotatable bonds is 4. The maximum Gasteiger partial charge on any atom is 0.411 e. The van der Waals surface area contributed by atoms with Gasteiger partial charge >= 0.3 is 6.09 Å². The molecule has 0 unspecified atom stereocenters. The van der Waals surface area contributed by atoms with Gasteiger partial charge in [0, 0.05) is 43.6 Å². The molecule has 1 saturated carbocycles. The van der Waals surface area contributed by atoms with Gasteiger partial charge in [0.15, 0.2) is 0 Å². The van der Waals surface area contributed by atoms with E-state index in [1.54, 1.807) is 11.8 Å². The van der Waals surface area contributed by atoms with E-state index >= 15 is 0 Å². The summed E-state index contributed by atoms with van der Waals surface area (Å²) < 4.78 is 5.60. The van der Waals surface area contributed by atoms with Crippen molar-refractivity contribution in [1.82, 2.24) is 19.8 Å². The quantitative estimate of drug-likeness (QED) is 0.676. The Morgan fingerprint density at radius 2 is 1.75 bits per heavy atom. The molecule has 36 heavy (non-hydrogen) atoms. The summed E-state index contributed by atoms with van der Waals surface area (Å²) in [5.74, 6) is 0.903. The molecule has 0 bridgehead atoms. The van der Waals surface area contributed by atoms with E-state index in [0.717, 1.165) is 18.5 Å². The lowest BCUT2D eigenvalue weighted by molar-refractivity contribution is -0.136. The number of aromatic nitrogens is 2. The van der Waals surface area contributed by atoms with Crippen molar-refractivity contribution in [1.29, 1.82) is 0 Å². The highest BCUT2D eigenvalue weighted by molar-refractivity contribution is 6.02. The molecule has 3 aliphatic rings. The van der Waals surface area contributed by atoms with Crippen LogP contribution in [-0.4, -0.2) is 81.5 Å². The molecule has 2 N–H and O–H groups in total. The number of piperazine rings is 1. The summed E-state index contributed by atoms with van der Waals surface area (Å²) in [6.07, 6.45) is 2.84. The molecule has 0 spiro atoms. The molecule has 192 valence electrons. The average Bonchev–Trinajstić information content (AvgIpc) is 3.27. The van der Waals surface area contributed by atoms with Gasteiger partial charge in [-0.25, -0.2) is 9.78 Å². The molecular formula is C26H34N6O4. The molecule has 3 atom stereocenters. The lowest BCUT2D eigenvalue weighted by Gasteiger charge is -2.39. The smallest absolute Gasteiger partial charge is 0.411 e. The van der Waals surface area contributed by atoms with Crippen molar-refractivity contribution in [3.8, 4) is 0 Å². The van der Waals surface area contributed by atoms with Crippen LogP contribution in [0.3, 0.4) is 0 Å². The fourth-order valence-electron chi connectivity index (χ4n) is 5.14. The SMILES string of the molecule is Cc1ncc(C(=O)Nc2ccc(N3CCN(C(=O)[C@@H]4C[C@@H]5C[C@@H]5N4C(=O)OC(C)(C)C)CC3)cc2)[nH]1. The fraction of sp³-hybridized carbons (Fsp3) is 0.538. The first kappa shape index (κ1) is 24.1. The van der Waals surface area contributed by atoms with E-state index in [0.29, 0.717) is 49.3 Å². The van der Waals surface area contributed by atoms with E-state index in [1.807, 2.05) is 49.9 Å². The third kappa shape index (κ3) is 5.03. The van der Waals surface area contributed by atoms with Crippen LogP contribution >= 0.6 is 0 Å². The summed E-state index contributed by atoms with van der Waals surface area (Å²) in [7, 11) is 0. The Hall–Kier alpha value is -3.56. The van der Waals surface area contributed by atoms with Gasteiger partial charge in [-0.15, -0.1) is 0 Å². The van der Waals surface area contributed by atoms with E-state index in [-0.39, 0.29) is 23.9 Å². The zero-order valence-corrected chi connectivity index (χ0v) is 21.3. The van der Waals surface area contributed by atoms with Gasteiger partial charge in [-0.2, -0.15) is 0 Å². The van der Waals surface area contributed by atoms with Gasteiger partial charge in [-0.1, -0.05) is 0 Å². The predicted molar refractivity (Wildman–Crippen MR) is 135 cm³/mol. The van der Waals surface area contributed by atoms with Crippen LogP contribution < -0.4 is 10.2 Å². The zero-order chi connectivity index (χ0) is 25.6. The van der Waals surface area contributed by atoms with Crippen molar-refractivity contribution in [3.05, 3.63) is 42.0 Å². The molecule has 5 rings (SSSR count).